The molecule has 1 rings (SSSR count). The molecule has 0 aliphatic carbocycles. The normalized spacial score (nSPS) is 21.9. The molecule has 0 saturated carbocycles. The molecular formula is C14H25NO4. The van der Waals surface area contributed by atoms with Gasteiger partial charge < -0.3 is 14.7 Å². The summed E-state index contributed by atoms with van der Waals surface area (Å²) >= 11 is 0. The average Bonchev–Trinajstić information content (AvgIpc) is 2.82. The Kier molecular flexibility index (Phi) is 7.48. The van der Waals surface area contributed by atoms with E-state index in [1.807, 2.05) is 0 Å². The van der Waals surface area contributed by atoms with Gasteiger partial charge in [0.15, 0.2) is 6.10 Å². The Morgan fingerprint density at radius 1 is 1.32 bits per heavy atom. The minimum absolute atomic E-state index is 0.216. The number of carbonyl (C=O) groups is 1. The van der Waals surface area contributed by atoms with Crippen LogP contribution in [-0.4, -0.2) is 36.1 Å². The third-order valence-electron chi connectivity index (χ3n) is 3.29. The van der Waals surface area contributed by atoms with Gasteiger partial charge in [0.05, 0.1) is 18.9 Å². The molecule has 1 aliphatic heterocycles. The highest BCUT2D eigenvalue weighted by Crippen LogP contribution is 2.23. The lowest BCUT2D eigenvalue weighted by atomic mass is 9.94. The van der Waals surface area contributed by atoms with Gasteiger partial charge in [-0.25, -0.2) is 0 Å². The lowest BCUT2D eigenvalue weighted by molar-refractivity contribution is -0.149. The first-order valence-corrected chi connectivity index (χ1v) is 7.24. The van der Waals surface area contributed by atoms with Crippen LogP contribution in [0.25, 0.3) is 0 Å². The summed E-state index contributed by atoms with van der Waals surface area (Å²) in [6.45, 7) is 4.06. The number of aliphatic hydroxyl groups is 1. The number of esters is 1. The molecule has 0 aromatic rings. The van der Waals surface area contributed by atoms with Crippen LogP contribution < -0.4 is 0 Å². The Balaban J connectivity index is 2.43. The summed E-state index contributed by atoms with van der Waals surface area (Å²) in [6, 6.07) is 0. The molecule has 1 heterocycles. The molecule has 110 valence electrons. The number of carbonyl (C=O) groups excluding carboxylic acids is 1. The third kappa shape index (κ3) is 4.82. The van der Waals surface area contributed by atoms with E-state index in [0.717, 1.165) is 19.3 Å². The molecule has 0 aromatic carbocycles. The van der Waals surface area contributed by atoms with Crippen molar-refractivity contribution in [3.63, 3.8) is 0 Å². The quantitative estimate of drug-likeness (QED) is 0.516. The van der Waals surface area contributed by atoms with Crippen molar-refractivity contribution in [1.29, 1.82) is 0 Å². The molecular weight excluding hydrogens is 246 g/mol. The maximum absolute atomic E-state index is 11.9. The van der Waals surface area contributed by atoms with E-state index < -0.39 is 12.0 Å². The standard InChI is InChI=1S/C14H25NO4/c1-3-5-6-7-8-9-11-13(14(17)18-4-2)12(10-16)19-15-11/h12-13,16H,3-10H2,1-2H3/t12-,13+/m1/s1. The molecule has 0 aromatic heterocycles. The van der Waals surface area contributed by atoms with E-state index in [0.29, 0.717) is 12.3 Å². The van der Waals surface area contributed by atoms with Gasteiger partial charge >= 0.3 is 5.97 Å². The summed E-state index contributed by atoms with van der Waals surface area (Å²) in [4.78, 5) is 17.0. The minimum Gasteiger partial charge on any atom is -0.465 e. The number of hydrogen-bond donors (Lipinski definition) is 1. The first-order valence-electron chi connectivity index (χ1n) is 7.24. The molecule has 5 nitrogen and oxygen atoms in total. The van der Waals surface area contributed by atoms with E-state index in [1.54, 1.807) is 6.92 Å². The van der Waals surface area contributed by atoms with Crippen molar-refractivity contribution in [3.8, 4) is 0 Å². The van der Waals surface area contributed by atoms with Crippen molar-refractivity contribution in [1.82, 2.24) is 0 Å². The molecule has 5 heteroatoms. The Morgan fingerprint density at radius 2 is 2.05 bits per heavy atom. The first kappa shape index (κ1) is 16.0. The van der Waals surface area contributed by atoms with Crippen LogP contribution in [0.15, 0.2) is 5.16 Å². The topological polar surface area (TPSA) is 68.1 Å². The summed E-state index contributed by atoms with van der Waals surface area (Å²) in [5.74, 6) is -0.873. The van der Waals surface area contributed by atoms with Gasteiger partial charge in [-0.3, -0.25) is 4.79 Å². The lowest BCUT2D eigenvalue weighted by Gasteiger charge is -2.15. The molecule has 0 bridgehead atoms. The van der Waals surface area contributed by atoms with E-state index >= 15 is 0 Å². The Labute approximate surface area is 115 Å². The van der Waals surface area contributed by atoms with Crippen LogP contribution in [0, 0.1) is 5.92 Å². The molecule has 19 heavy (non-hydrogen) atoms. The van der Waals surface area contributed by atoms with Crippen LogP contribution in [0.1, 0.15) is 52.4 Å². The van der Waals surface area contributed by atoms with Gasteiger partial charge in [0, 0.05) is 0 Å². The van der Waals surface area contributed by atoms with Gasteiger partial charge in [0.25, 0.3) is 0 Å². The van der Waals surface area contributed by atoms with Crippen LogP contribution in [0.4, 0.5) is 0 Å². The second kappa shape index (κ2) is 8.91. The van der Waals surface area contributed by atoms with Crippen molar-refractivity contribution >= 4 is 11.7 Å². The highest BCUT2D eigenvalue weighted by molar-refractivity contribution is 6.03. The van der Waals surface area contributed by atoms with E-state index in [2.05, 4.69) is 12.1 Å². The summed E-state index contributed by atoms with van der Waals surface area (Å²) in [7, 11) is 0. The van der Waals surface area contributed by atoms with Crippen molar-refractivity contribution in [3.05, 3.63) is 0 Å². The van der Waals surface area contributed by atoms with E-state index in [4.69, 9.17) is 9.57 Å². The highest BCUT2D eigenvalue weighted by atomic mass is 16.7. The van der Waals surface area contributed by atoms with Gasteiger partial charge in [0.2, 0.25) is 0 Å². The van der Waals surface area contributed by atoms with Gasteiger partial charge in [-0.1, -0.05) is 37.8 Å². The second-order valence-corrected chi connectivity index (χ2v) is 4.80. The summed E-state index contributed by atoms with van der Waals surface area (Å²) in [5, 5.41) is 13.2. The number of nitrogens with zero attached hydrogens (tertiary/aromatic N) is 1. The first-order chi connectivity index (χ1) is 9.24. The molecule has 0 fully saturated rings. The predicted molar refractivity (Wildman–Crippen MR) is 72.9 cm³/mol. The smallest absolute Gasteiger partial charge is 0.318 e. The average molecular weight is 271 g/mol. The second-order valence-electron chi connectivity index (χ2n) is 4.80. The fraction of sp³-hybridized carbons (Fsp3) is 0.857. The van der Waals surface area contributed by atoms with Crippen molar-refractivity contribution in [2.75, 3.05) is 13.2 Å². The Bertz CT molecular complexity index is 304. The fourth-order valence-electron chi connectivity index (χ4n) is 2.24. The SMILES string of the molecule is CCCCCCCC1=NO[C@H](CO)[C@H]1C(=O)OCC. The molecule has 0 radical (unpaired) electrons. The highest BCUT2D eigenvalue weighted by Gasteiger charge is 2.40. The lowest BCUT2D eigenvalue weighted by Crippen LogP contribution is -2.35. The van der Waals surface area contributed by atoms with E-state index in [9.17, 15) is 9.90 Å². The maximum atomic E-state index is 11.9. The van der Waals surface area contributed by atoms with Crippen molar-refractivity contribution < 1.29 is 19.5 Å². The Morgan fingerprint density at radius 3 is 2.68 bits per heavy atom. The van der Waals surface area contributed by atoms with E-state index in [1.165, 1.54) is 19.3 Å². The fourth-order valence-corrected chi connectivity index (χ4v) is 2.24. The van der Waals surface area contributed by atoms with Crippen molar-refractivity contribution in [2.24, 2.45) is 11.1 Å². The van der Waals surface area contributed by atoms with Crippen LogP contribution in [0.3, 0.4) is 0 Å². The summed E-state index contributed by atoms with van der Waals surface area (Å²) in [6.07, 6.45) is 5.94. The number of oxime groups is 1. The Hall–Kier alpha value is -1.10. The molecule has 1 aliphatic rings. The number of rotatable bonds is 9. The third-order valence-corrected chi connectivity index (χ3v) is 3.29. The largest absolute Gasteiger partial charge is 0.465 e. The van der Waals surface area contributed by atoms with Gasteiger partial charge in [0.1, 0.15) is 5.92 Å². The zero-order chi connectivity index (χ0) is 14.1. The number of hydrogen-bond acceptors (Lipinski definition) is 5. The number of unbranched alkanes of at least 4 members (excludes halogenated alkanes) is 4. The molecule has 0 amide bonds. The zero-order valence-electron chi connectivity index (χ0n) is 11.9. The van der Waals surface area contributed by atoms with Gasteiger partial charge in [-0.2, -0.15) is 0 Å². The van der Waals surface area contributed by atoms with Crippen LogP contribution in [0.2, 0.25) is 0 Å². The monoisotopic (exact) mass is 271 g/mol. The molecule has 2 atom stereocenters. The van der Waals surface area contributed by atoms with E-state index in [-0.39, 0.29) is 12.6 Å². The number of aliphatic hydroxyl groups excluding tert-OH is 1. The van der Waals surface area contributed by atoms with Crippen LogP contribution in [-0.2, 0) is 14.4 Å². The zero-order valence-corrected chi connectivity index (χ0v) is 11.9. The van der Waals surface area contributed by atoms with Crippen molar-refractivity contribution in [2.45, 2.75) is 58.5 Å². The number of ether oxygens (including phenoxy) is 1. The van der Waals surface area contributed by atoms with Crippen LogP contribution in [0.5, 0.6) is 0 Å². The van der Waals surface area contributed by atoms with Gasteiger partial charge in [-0.05, 0) is 19.8 Å². The minimum atomic E-state index is -0.579. The molecule has 0 unspecified atom stereocenters. The van der Waals surface area contributed by atoms with Crippen LogP contribution >= 0.6 is 0 Å². The molecule has 0 spiro atoms. The summed E-state index contributed by atoms with van der Waals surface area (Å²) in [5.41, 5.74) is 0.717. The van der Waals surface area contributed by atoms with Gasteiger partial charge in [-0.15, -0.1) is 0 Å². The summed E-state index contributed by atoms with van der Waals surface area (Å²) < 4.78 is 5.02. The molecule has 1 N–H and O–H groups in total. The predicted octanol–water partition coefficient (Wildman–Crippen LogP) is 2.27. The maximum Gasteiger partial charge on any atom is 0.318 e. The molecule has 0 saturated heterocycles.